The van der Waals surface area contributed by atoms with Gasteiger partial charge in [-0.25, -0.2) is 8.42 Å². The highest BCUT2D eigenvalue weighted by Crippen LogP contribution is 2.28. The van der Waals surface area contributed by atoms with Gasteiger partial charge in [0, 0.05) is 34.3 Å². The summed E-state index contributed by atoms with van der Waals surface area (Å²) >= 11 is 12.4. The van der Waals surface area contributed by atoms with Crippen LogP contribution >= 0.6 is 23.2 Å². The van der Waals surface area contributed by atoms with E-state index in [1.165, 1.54) is 54.3 Å². The molecule has 3 aromatic carbocycles. The van der Waals surface area contributed by atoms with Crippen LogP contribution < -0.4 is 9.62 Å². The number of rotatable bonds is 10. The standard InChI is InChI=1S/C28H30Cl2N4O6S/c1-19(27(36)31-28(2,3)4)32(17-20-10-11-21(29)16-25(20)30)26(35)18-33(22-12-14-23(15-13-22)34(37)38)41(39,40)24-8-6-5-7-9-24/h5-16,19H,17-18H2,1-4H3,(H,31,36). The summed E-state index contributed by atoms with van der Waals surface area (Å²) in [4.78, 5) is 38.8. The van der Waals surface area contributed by atoms with Gasteiger partial charge < -0.3 is 10.2 Å². The molecular formula is C28H30Cl2N4O6S. The van der Waals surface area contributed by atoms with Gasteiger partial charge in [-0.05, 0) is 69.7 Å². The molecule has 0 fully saturated rings. The normalized spacial score (nSPS) is 12.3. The molecule has 10 nitrogen and oxygen atoms in total. The van der Waals surface area contributed by atoms with Crippen LogP contribution in [0, 0.1) is 10.1 Å². The van der Waals surface area contributed by atoms with E-state index in [1.54, 1.807) is 39.0 Å². The lowest BCUT2D eigenvalue weighted by Crippen LogP contribution is -2.54. The second-order valence-electron chi connectivity index (χ2n) is 10.3. The van der Waals surface area contributed by atoms with E-state index in [-0.39, 0.29) is 27.8 Å². The topological polar surface area (TPSA) is 130 Å². The van der Waals surface area contributed by atoms with Gasteiger partial charge in [0.25, 0.3) is 15.7 Å². The molecule has 0 saturated carbocycles. The van der Waals surface area contributed by atoms with Gasteiger partial charge in [-0.15, -0.1) is 0 Å². The summed E-state index contributed by atoms with van der Waals surface area (Å²) in [5.74, 6) is -1.16. The van der Waals surface area contributed by atoms with Crippen molar-refractivity contribution < 1.29 is 22.9 Å². The Morgan fingerprint density at radius 1 is 1.00 bits per heavy atom. The number of hydrogen-bond acceptors (Lipinski definition) is 6. The first-order chi connectivity index (χ1) is 19.1. The van der Waals surface area contributed by atoms with E-state index in [2.05, 4.69) is 5.32 Å². The van der Waals surface area contributed by atoms with Gasteiger partial charge in [0.15, 0.2) is 0 Å². The fraction of sp³-hybridized carbons (Fsp3) is 0.286. The predicted octanol–water partition coefficient (Wildman–Crippen LogP) is 5.43. The number of carbonyl (C=O) groups is 2. The molecule has 0 bridgehead atoms. The lowest BCUT2D eigenvalue weighted by atomic mass is 10.1. The quantitative estimate of drug-likeness (QED) is 0.238. The SMILES string of the molecule is CC(C(=O)NC(C)(C)C)N(Cc1ccc(Cl)cc1Cl)C(=O)CN(c1ccc([N+](=O)[O-])cc1)S(=O)(=O)c1ccccc1. The molecule has 0 aliphatic heterocycles. The Labute approximate surface area is 249 Å². The van der Waals surface area contributed by atoms with Crippen LogP contribution in [0.15, 0.2) is 77.7 Å². The van der Waals surface area contributed by atoms with Crippen molar-refractivity contribution in [3.05, 3.63) is 98.5 Å². The summed E-state index contributed by atoms with van der Waals surface area (Å²) in [7, 11) is -4.31. The van der Waals surface area contributed by atoms with Crippen molar-refractivity contribution in [3.63, 3.8) is 0 Å². The van der Waals surface area contributed by atoms with Gasteiger partial charge >= 0.3 is 0 Å². The molecule has 0 saturated heterocycles. The minimum Gasteiger partial charge on any atom is -0.350 e. The summed E-state index contributed by atoms with van der Waals surface area (Å²) in [5, 5.41) is 14.7. The van der Waals surface area contributed by atoms with E-state index >= 15 is 0 Å². The van der Waals surface area contributed by atoms with Crippen molar-refractivity contribution in [2.24, 2.45) is 0 Å². The zero-order valence-corrected chi connectivity index (χ0v) is 25.2. The zero-order chi connectivity index (χ0) is 30.5. The van der Waals surface area contributed by atoms with Crippen LogP contribution in [0.3, 0.4) is 0 Å². The number of non-ortho nitro benzene ring substituents is 1. The number of nitrogens with one attached hydrogen (secondary N) is 1. The smallest absolute Gasteiger partial charge is 0.269 e. The van der Waals surface area contributed by atoms with E-state index < -0.39 is 44.9 Å². The fourth-order valence-electron chi connectivity index (χ4n) is 3.88. The molecule has 0 aliphatic carbocycles. The highest BCUT2D eigenvalue weighted by atomic mass is 35.5. The Morgan fingerprint density at radius 3 is 2.15 bits per heavy atom. The maximum Gasteiger partial charge on any atom is 0.269 e. The number of sulfonamides is 1. The summed E-state index contributed by atoms with van der Waals surface area (Å²) in [6, 6.07) is 16.0. The summed E-state index contributed by atoms with van der Waals surface area (Å²) in [6.07, 6.45) is 0. The molecule has 13 heteroatoms. The maximum absolute atomic E-state index is 13.9. The largest absolute Gasteiger partial charge is 0.350 e. The molecule has 1 N–H and O–H groups in total. The van der Waals surface area contributed by atoms with E-state index in [9.17, 15) is 28.1 Å². The second kappa shape index (κ2) is 12.9. The molecule has 3 aromatic rings. The third kappa shape index (κ3) is 8.18. The highest BCUT2D eigenvalue weighted by Gasteiger charge is 2.33. The Hall–Kier alpha value is -3.67. The first-order valence-corrected chi connectivity index (χ1v) is 14.7. The van der Waals surface area contributed by atoms with Crippen LogP contribution in [0.5, 0.6) is 0 Å². The third-order valence-corrected chi connectivity index (χ3v) is 8.35. The average molecular weight is 622 g/mol. The number of amides is 2. The lowest BCUT2D eigenvalue weighted by molar-refractivity contribution is -0.384. The number of carbonyl (C=O) groups excluding carboxylic acids is 2. The van der Waals surface area contributed by atoms with Gasteiger partial charge in [-0.2, -0.15) is 0 Å². The third-order valence-electron chi connectivity index (χ3n) is 5.98. The number of anilines is 1. The molecule has 0 heterocycles. The zero-order valence-electron chi connectivity index (χ0n) is 22.9. The minimum atomic E-state index is -4.31. The summed E-state index contributed by atoms with van der Waals surface area (Å²) in [5.41, 5.74) is -0.320. The van der Waals surface area contributed by atoms with E-state index in [4.69, 9.17) is 23.2 Å². The van der Waals surface area contributed by atoms with Gasteiger partial charge in [0.05, 0.1) is 15.5 Å². The van der Waals surface area contributed by atoms with E-state index in [1.807, 2.05) is 0 Å². The molecule has 0 radical (unpaired) electrons. The van der Waals surface area contributed by atoms with Gasteiger partial charge in [-0.1, -0.05) is 47.5 Å². The number of nitrogens with zero attached hydrogens (tertiary/aromatic N) is 3. The van der Waals surface area contributed by atoms with Crippen LogP contribution in [-0.2, 0) is 26.2 Å². The van der Waals surface area contributed by atoms with Gasteiger partial charge in [0.1, 0.15) is 12.6 Å². The number of hydrogen-bond donors (Lipinski definition) is 1. The van der Waals surface area contributed by atoms with Crippen molar-refractivity contribution in [1.29, 1.82) is 0 Å². The number of nitro groups is 1. The first kappa shape index (κ1) is 31.9. The maximum atomic E-state index is 13.9. The van der Waals surface area contributed by atoms with Crippen LogP contribution in [0.1, 0.15) is 33.3 Å². The number of nitro benzene ring substituents is 1. The van der Waals surface area contributed by atoms with Crippen molar-refractivity contribution in [1.82, 2.24) is 10.2 Å². The first-order valence-electron chi connectivity index (χ1n) is 12.5. The Bertz CT molecular complexity index is 1530. The van der Waals surface area contributed by atoms with E-state index in [0.717, 1.165) is 16.4 Å². The summed E-state index contributed by atoms with van der Waals surface area (Å²) in [6.45, 7) is 6.10. The Balaban J connectivity index is 2.07. The molecule has 0 spiro atoms. The number of benzene rings is 3. The van der Waals surface area contributed by atoms with Crippen LogP contribution in [0.4, 0.5) is 11.4 Å². The van der Waals surface area contributed by atoms with Crippen LogP contribution in [0.2, 0.25) is 10.0 Å². The van der Waals surface area contributed by atoms with Crippen molar-refractivity contribution in [2.45, 2.75) is 50.7 Å². The number of halogens is 2. The molecule has 0 aromatic heterocycles. The van der Waals surface area contributed by atoms with Crippen molar-refractivity contribution in [3.8, 4) is 0 Å². The van der Waals surface area contributed by atoms with E-state index in [0.29, 0.717) is 10.6 Å². The molecular weight excluding hydrogens is 591 g/mol. The van der Waals surface area contributed by atoms with Crippen molar-refractivity contribution >= 4 is 56.4 Å². The van der Waals surface area contributed by atoms with Crippen molar-refractivity contribution in [2.75, 3.05) is 10.8 Å². The predicted molar refractivity (Wildman–Crippen MR) is 158 cm³/mol. The highest BCUT2D eigenvalue weighted by molar-refractivity contribution is 7.92. The second-order valence-corrected chi connectivity index (χ2v) is 13.0. The van der Waals surface area contributed by atoms with Gasteiger partial charge in [0.2, 0.25) is 11.8 Å². The Morgan fingerprint density at radius 2 is 1.61 bits per heavy atom. The summed E-state index contributed by atoms with van der Waals surface area (Å²) < 4.78 is 28.4. The molecule has 0 aliphatic rings. The monoisotopic (exact) mass is 620 g/mol. The lowest BCUT2D eigenvalue weighted by Gasteiger charge is -2.33. The minimum absolute atomic E-state index is 0.0316. The molecule has 218 valence electrons. The van der Waals surface area contributed by atoms with Crippen LogP contribution in [0.25, 0.3) is 0 Å². The molecule has 2 amide bonds. The Kier molecular flexibility index (Phi) is 10.0. The van der Waals surface area contributed by atoms with Crippen LogP contribution in [-0.4, -0.2) is 48.2 Å². The van der Waals surface area contributed by atoms with Gasteiger partial charge in [-0.3, -0.25) is 24.0 Å². The average Bonchev–Trinajstić information content (AvgIpc) is 2.90. The molecule has 3 rings (SSSR count). The molecule has 1 atom stereocenters. The fourth-order valence-corrected chi connectivity index (χ4v) is 5.78. The molecule has 1 unspecified atom stereocenters. The molecule has 41 heavy (non-hydrogen) atoms.